The Morgan fingerprint density at radius 1 is 1.08 bits per heavy atom. The number of amides is 1. The average Bonchev–Trinajstić information content (AvgIpc) is 2.61. The van der Waals surface area contributed by atoms with Gasteiger partial charge in [0.1, 0.15) is 0 Å². The van der Waals surface area contributed by atoms with Crippen LogP contribution in [0.25, 0.3) is 0 Å². The maximum atomic E-state index is 13.0. The molecule has 6 heteroatoms. The van der Waals surface area contributed by atoms with Gasteiger partial charge in [-0.1, -0.05) is 19.9 Å². The second kappa shape index (κ2) is 8.23. The minimum Gasteiger partial charge on any atom is -0.493 e. The second-order valence-electron chi connectivity index (χ2n) is 6.73. The molecule has 0 unspecified atom stereocenters. The van der Waals surface area contributed by atoms with E-state index in [0.717, 1.165) is 5.56 Å². The monoisotopic (exact) mass is 351 g/mol. The number of carbonyl (C=O) groups is 2. The Balaban J connectivity index is 3.19. The standard InChI is InChI=1S/C19H29NO5/c1-7-19(8-2,16(21)20-12-18(3,4)17(22)23)13-9-10-14(24-5)15(11-13)25-6/h9-11H,7-8,12H2,1-6H3,(H,20,21)(H,22,23). The van der Waals surface area contributed by atoms with Crippen LogP contribution in [0.4, 0.5) is 0 Å². The molecule has 140 valence electrons. The van der Waals surface area contributed by atoms with Gasteiger partial charge in [-0.3, -0.25) is 9.59 Å². The maximum absolute atomic E-state index is 13.0. The first kappa shape index (κ1) is 20.8. The molecule has 0 bridgehead atoms. The lowest BCUT2D eigenvalue weighted by Gasteiger charge is -2.32. The molecule has 25 heavy (non-hydrogen) atoms. The van der Waals surface area contributed by atoms with Crippen LogP contribution in [0.2, 0.25) is 0 Å². The van der Waals surface area contributed by atoms with Gasteiger partial charge in [-0.05, 0) is 44.4 Å². The number of carbonyl (C=O) groups excluding carboxylic acids is 1. The van der Waals surface area contributed by atoms with Crippen molar-refractivity contribution in [1.82, 2.24) is 5.32 Å². The summed E-state index contributed by atoms with van der Waals surface area (Å²) in [5.74, 6) is 0.0290. The van der Waals surface area contributed by atoms with Crippen molar-refractivity contribution < 1.29 is 24.2 Å². The third-order valence-electron chi connectivity index (χ3n) is 4.85. The highest BCUT2D eigenvalue weighted by Crippen LogP contribution is 2.37. The largest absolute Gasteiger partial charge is 0.493 e. The van der Waals surface area contributed by atoms with Crippen LogP contribution in [0.3, 0.4) is 0 Å². The maximum Gasteiger partial charge on any atom is 0.310 e. The van der Waals surface area contributed by atoms with Gasteiger partial charge in [-0.25, -0.2) is 0 Å². The van der Waals surface area contributed by atoms with E-state index < -0.39 is 16.8 Å². The van der Waals surface area contributed by atoms with Crippen molar-refractivity contribution in [2.75, 3.05) is 20.8 Å². The van der Waals surface area contributed by atoms with Crippen molar-refractivity contribution in [3.05, 3.63) is 23.8 Å². The first-order chi connectivity index (χ1) is 11.7. The molecule has 0 fully saturated rings. The first-order valence-corrected chi connectivity index (χ1v) is 8.42. The lowest BCUT2D eigenvalue weighted by atomic mass is 9.74. The number of ether oxygens (including phenoxy) is 2. The number of carboxylic acids is 1. The van der Waals surface area contributed by atoms with Gasteiger partial charge in [0.05, 0.1) is 25.0 Å². The zero-order valence-corrected chi connectivity index (χ0v) is 15.9. The topological polar surface area (TPSA) is 84.9 Å². The summed E-state index contributed by atoms with van der Waals surface area (Å²) in [5.41, 5.74) is -0.963. The van der Waals surface area contributed by atoms with Crippen molar-refractivity contribution >= 4 is 11.9 Å². The molecule has 0 radical (unpaired) electrons. The normalized spacial score (nSPS) is 11.8. The minimum absolute atomic E-state index is 0.0657. The van der Waals surface area contributed by atoms with Gasteiger partial charge in [-0.15, -0.1) is 0 Å². The summed E-state index contributed by atoms with van der Waals surface area (Å²) in [6.07, 6.45) is 1.16. The number of benzene rings is 1. The van der Waals surface area contributed by atoms with E-state index in [4.69, 9.17) is 9.47 Å². The molecular weight excluding hydrogens is 322 g/mol. The Morgan fingerprint density at radius 2 is 1.64 bits per heavy atom. The number of hydrogen-bond acceptors (Lipinski definition) is 4. The fraction of sp³-hybridized carbons (Fsp3) is 0.579. The van der Waals surface area contributed by atoms with Gasteiger partial charge in [-0.2, -0.15) is 0 Å². The molecule has 0 aliphatic carbocycles. The van der Waals surface area contributed by atoms with Crippen molar-refractivity contribution in [2.45, 2.75) is 46.0 Å². The van der Waals surface area contributed by atoms with Crippen LogP contribution in [0.15, 0.2) is 18.2 Å². The summed E-state index contributed by atoms with van der Waals surface area (Å²) in [6.45, 7) is 7.14. The molecule has 0 saturated carbocycles. The van der Waals surface area contributed by atoms with E-state index in [1.165, 1.54) is 0 Å². The van der Waals surface area contributed by atoms with Crippen LogP contribution >= 0.6 is 0 Å². The SMILES string of the molecule is CCC(CC)(C(=O)NCC(C)(C)C(=O)O)c1ccc(OC)c(OC)c1. The van der Waals surface area contributed by atoms with Gasteiger partial charge in [0.2, 0.25) is 5.91 Å². The summed E-state index contributed by atoms with van der Waals surface area (Å²) in [7, 11) is 3.11. The van der Waals surface area contributed by atoms with E-state index in [1.54, 1.807) is 34.1 Å². The Labute approximate surface area is 149 Å². The zero-order valence-electron chi connectivity index (χ0n) is 15.9. The van der Waals surface area contributed by atoms with E-state index in [9.17, 15) is 14.7 Å². The third-order valence-corrected chi connectivity index (χ3v) is 4.85. The summed E-state index contributed by atoms with van der Waals surface area (Å²) in [5, 5.41) is 12.1. The highest BCUT2D eigenvalue weighted by atomic mass is 16.5. The third kappa shape index (κ3) is 4.24. The summed E-state index contributed by atoms with van der Waals surface area (Å²) >= 11 is 0. The molecule has 0 aromatic heterocycles. The molecule has 1 aromatic rings. The molecule has 6 nitrogen and oxygen atoms in total. The molecule has 2 N–H and O–H groups in total. The van der Waals surface area contributed by atoms with Gasteiger partial charge in [0.15, 0.2) is 11.5 Å². The van der Waals surface area contributed by atoms with Crippen LogP contribution in [0, 0.1) is 5.41 Å². The average molecular weight is 351 g/mol. The Bertz CT molecular complexity index is 620. The fourth-order valence-corrected chi connectivity index (χ4v) is 2.79. The van der Waals surface area contributed by atoms with Crippen LogP contribution < -0.4 is 14.8 Å². The second-order valence-corrected chi connectivity index (χ2v) is 6.73. The minimum atomic E-state index is -1.03. The lowest BCUT2D eigenvalue weighted by Crippen LogP contribution is -2.48. The molecular formula is C19H29NO5. The molecule has 1 rings (SSSR count). The van der Waals surface area contributed by atoms with Crippen LogP contribution in [-0.4, -0.2) is 37.7 Å². The molecule has 0 aliphatic rings. The molecule has 0 atom stereocenters. The van der Waals surface area contributed by atoms with Gasteiger partial charge in [0.25, 0.3) is 0 Å². The summed E-state index contributed by atoms with van der Waals surface area (Å²) in [6, 6.07) is 5.45. The number of hydrogen-bond donors (Lipinski definition) is 2. The summed E-state index contributed by atoms with van der Waals surface area (Å²) in [4.78, 5) is 24.2. The van der Waals surface area contributed by atoms with E-state index in [0.29, 0.717) is 24.3 Å². The van der Waals surface area contributed by atoms with Crippen LogP contribution in [0.5, 0.6) is 11.5 Å². The smallest absolute Gasteiger partial charge is 0.310 e. The molecule has 1 amide bonds. The van der Waals surface area contributed by atoms with Crippen molar-refractivity contribution in [3.63, 3.8) is 0 Å². The number of nitrogens with one attached hydrogen (secondary N) is 1. The highest BCUT2D eigenvalue weighted by Gasteiger charge is 2.39. The van der Waals surface area contributed by atoms with E-state index >= 15 is 0 Å². The number of carboxylic acid groups (broad SMARTS) is 1. The molecule has 0 aliphatic heterocycles. The number of aliphatic carboxylic acids is 1. The molecule has 0 spiro atoms. The molecule has 1 aromatic carbocycles. The van der Waals surface area contributed by atoms with Gasteiger partial charge >= 0.3 is 5.97 Å². The van der Waals surface area contributed by atoms with Crippen molar-refractivity contribution in [3.8, 4) is 11.5 Å². The van der Waals surface area contributed by atoms with Crippen molar-refractivity contribution in [1.29, 1.82) is 0 Å². The number of methoxy groups -OCH3 is 2. The van der Waals surface area contributed by atoms with Gasteiger partial charge in [0, 0.05) is 6.54 Å². The Hall–Kier alpha value is -2.24. The first-order valence-electron chi connectivity index (χ1n) is 8.42. The Morgan fingerprint density at radius 3 is 2.08 bits per heavy atom. The predicted octanol–water partition coefficient (Wildman–Crippen LogP) is 2.99. The van der Waals surface area contributed by atoms with Crippen molar-refractivity contribution in [2.24, 2.45) is 5.41 Å². The molecule has 0 heterocycles. The van der Waals surface area contributed by atoms with E-state index in [1.807, 2.05) is 26.0 Å². The Kier molecular flexibility index (Phi) is 6.85. The fourth-order valence-electron chi connectivity index (χ4n) is 2.79. The zero-order chi connectivity index (χ0) is 19.3. The predicted molar refractivity (Wildman–Crippen MR) is 96.2 cm³/mol. The number of rotatable bonds is 9. The van der Waals surface area contributed by atoms with Crippen LogP contribution in [0.1, 0.15) is 46.1 Å². The summed E-state index contributed by atoms with van der Waals surface area (Å²) < 4.78 is 10.6. The quantitative estimate of drug-likeness (QED) is 0.714. The lowest BCUT2D eigenvalue weighted by molar-refractivity contribution is -0.147. The highest BCUT2D eigenvalue weighted by molar-refractivity contribution is 5.89. The molecule has 0 saturated heterocycles. The van der Waals surface area contributed by atoms with Crippen LogP contribution in [-0.2, 0) is 15.0 Å². The van der Waals surface area contributed by atoms with Gasteiger partial charge < -0.3 is 19.9 Å². The van der Waals surface area contributed by atoms with E-state index in [2.05, 4.69) is 5.32 Å². The van der Waals surface area contributed by atoms with E-state index in [-0.39, 0.29) is 12.5 Å².